The van der Waals surface area contributed by atoms with Gasteiger partial charge in [-0.2, -0.15) is 0 Å². The summed E-state index contributed by atoms with van der Waals surface area (Å²) in [4.78, 5) is 12.9. The van der Waals surface area contributed by atoms with Gasteiger partial charge in [-0.25, -0.2) is 13.7 Å². The summed E-state index contributed by atoms with van der Waals surface area (Å²) < 4.78 is 27.8. The molecule has 0 bridgehead atoms. The lowest BCUT2D eigenvalue weighted by Crippen LogP contribution is -2.27. The number of esters is 1. The number of carbonyl (C=O) groups is 1. The van der Waals surface area contributed by atoms with Gasteiger partial charge in [0, 0.05) is 6.04 Å². The van der Waals surface area contributed by atoms with Crippen LogP contribution in [0.1, 0.15) is 57.2 Å². The third-order valence-electron chi connectivity index (χ3n) is 5.90. The summed E-state index contributed by atoms with van der Waals surface area (Å²) in [5.41, 5.74) is 3.83. The van der Waals surface area contributed by atoms with Crippen LogP contribution in [-0.2, 0) is 26.9 Å². The third-order valence-corrected chi connectivity index (χ3v) is 7.10. The zero-order chi connectivity index (χ0) is 24.8. The Hall–Kier alpha value is -2.96. The average molecular weight is 492 g/mol. The molecule has 35 heavy (non-hydrogen) atoms. The maximum atomic E-state index is 13.2. The van der Waals surface area contributed by atoms with E-state index in [0.717, 1.165) is 52.8 Å². The second-order valence-electron chi connectivity index (χ2n) is 9.77. The zero-order valence-electron chi connectivity index (χ0n) is 20.6. The van der Waals surface area contributed by atoms with E-state index in [1.54, 1.807) is 0 Å². The van der Waals surface area contributed by atoms with E-state index >= 15 is 0 Å². The molecule has 184 valence electrons. The molecule has 0 amide bonds. The molecule has 0 radical (unpaired) electrons. The van der Waals surface area contributed by atoms with Gasteiger partial charge in [0.15, 0.2) is 6.61 Å². The molecule has 0 aliphatic heterocycles. The lowest BCUT2D eigenvalue weighted by Gasteiger charge is -2.22. The van der Waals surface area contributed by atoms with Gasteiger partial charge in [0.1, 0.15) is 22.3 Å². The molecular formula is C29H33NO4S. The first-order valence-electron chi connectivity index (χ1n) is 12.1. The highest BCUT2D eigenvalue weighted by Crippen LogP contribution is 2.35. The number of benzene rings is 3. The molecule has 6 heteroatoms. The Balaban J connectivity index is 1.47. The van der Waals surface area contributed by atoms with Crippen LogP contribution in [0.15, 0.2) is 77.7 Å². The standard InChI is InChI=1S/C29H33NO4S/c1-29(2,3)34-28(31)20-33-27-15-9-13-24-25(27)12-7-8-14-26(24)30-35(32)23-18-16-22(17-19-23)21-10-5-4-6-11-21/h4-6,9-11,13,15-19,26,30H,7-8,12,14,20H2,1-3H3. The SMILES string of the molecule is CC(C)(C)OC(=O)COc1cccc2c1CCCCC2NS(=O)c1ccc(-c2ccccc2)cc1. The normalized spacial score (nSPS) is 16.6. The quantitative estimate of drug-likeness (QED) is 0.318. The average Bonchev–Trinajstić information content (AvgIpc) is 3.05. The van der Waals surface area contributed by atoms with E-state index in [9.17, 15) is 9.00 Å². The Morgan fingerprint density at radius 1 is 0.943 bits per heavy atom. The van der Waals surface area contributed by atoms with Gasteiger partial charge in [0.25, 0.3) is 0 Å². The van der Waals surface area contributed by atoms with Crippen LogP contribution in [0, 0.1) is 0 Å². The van der Waals surface area contributed by atoms with Gasteiger partial charge >= 0.3 is 5.97 Å². The summed E-state index contributed by atoms with van der Waals surface area (Å²) >= 11 is 0. The van der Waals surface area contributed by atoms with Crippen LogP contribution >= 0.6 is 0 Å². The molecule has 1 aliphatic rings. The number of hydrogen-bond acceptors (Lipinski definition) is 4. The van der Waals surface area contributed by atoms with Crippen molar-refractivity contribution in [3.63, 3.8) is 0 Å². The summed E-state index contributed by atoms with van der Waals surface area (Å²) in [6, 6.07) is 23.8. The zero-order valence-corrected chi connectivity index (χ0v) is 21.4. The number of carbonyl (C=O) groups excluding carboxylic acids is 1. The maximum Gasteiger partial charge on any atom is 0.344 e. The largest absolute Gasteiger partial charge is 0.482 e. The van der Waals surface area contributed by atoms with Crippen molar-refractivity contribution in [2.75, 3.05) is 6.61 Å². The smallest absolute Gasteiger partial charge is 0.344 e. The van der Waals surface area contributed by atoms with Crippen molar-refractivity contribution in [3.8, 4) is 16.9 Å². The van der Waals surface area contributed by atoms with Crippen molar-refractivity contribution in [3.05, 3.63) is 83.9 Å². The molecule has 3 aromatic carbocycles. The summed E-state index contributed by atoms with van der Waals surface area (Å²) in [6.45, 7) is 5.38. The number of nitrogens with one attached hydrogen (secondary N) is 1. The summed E-state index contributed by atoms with van der Waals surface area (Å²) in [5, 5.41) is 0. The maximum absolute atomic E-state index is 13.2. The van der Waals surface area contributed by atoms with Crippen LogP contribution in [-0.4, -0.2) is 22.4 Å². The van der Waals surface area contributed by atoms with Gasteiger partial charge in [0.05, 0.1) is 4.90 Å². The predicted molar refractivity (Wildman–Crippen MR) is 140 cm³/mol. The van der Waals surface area contributed by atoms with Crippen LogP contribution in [0.5, 0.6) is 5.75 Å². The second-order valence-corrected chi connectivity index (χ2v) is 11.0. The molecule has 1 N–H and O–H groups in total. The predicted octanol–water partition coefficient (Wildman–Crippen LogP) is 6.15. The van der Waals surface area contributed by atoms with E-state index in [0.29, 0.717) is 5.75 Å². The molecule has 2 atom stereocenters. The van der Waals surface area contributed by atoms with Crippen molar-refractivity contribution in [1.82, 2.24) is 4.72 Å². The van der Waals surface area contributed by atoms with Crippen molar-refractivity contribution in [1.29, 1.82) is 0 Å². The minimum atomic E-state index is -1.35. The lowest BCUT2D eigenvalue weighted by molar-refractivity contribution is -0.157. The number of rotatable bonds is 7. The van der Waals surface area contributed by atoms with E-state index in [1.165, 1.54) is 0 Å². The molecule has 3 aromatic rings. The molecule has 0 heterocycles. The minimum Gasteiger partial charge on any atom is -0.482 e. The first-order chi connectivity index (χ1) is 16.8. The summed E-state index contributed by atoms with van der Waals surface area (Å²) in [5.74, 6) is 0.304. The van der Waals surface area contributed by atoms with Crippen LogP contribution in [0.3, 0.4) is 0 Å². The number of hydrogen-bond donors (Lipinski definition) is 1. The van der Waals surface area contributed by atoms with E-state index in [4.69, 9.17) is 9.47 Å². The molecular weight excluding hydrogens is 458 g/mol. The molecule has 0 aromatic heterocycles. The van der Waals surface area contributed by atoms with E-state index in [2.05, 4.69) is 22.9 Å². The molecule has 2 unspecified atom stereocenters. The Morgan fingerprint density at radius 2 is 1.66 bits per heavy atom. The molecule has 0 spiro atoms. The van der Waals surface area contributed by atoms with Crippen molar-refractivity contribution < 1.29 is 18.5 Å². The van der Waals surface area contributed by atoms with Crippen LogP contribution in [0.25, 0.3) is 11.1 Å². The fraction of sp³-hybridized carbons (Fsp3) is 0.345. The van der Waals surface area contributed by atoms with E-state index in [1.807, 2.05) is 75.4 Å². The molecule has 5 nitrogen and oxygen atoms in total. The monoisotopic (exact) mass is 491 g/mol. The van der Waals surface area contributed by atoms with Gasteiger partial charge in [-0.15, -0.1) is 0 Å². The van der Waals surface area contributed by atoms with Crippen molar-refractivity contribution >= 4 is 17.0 Å². The summed E-state index contributed by atoms with van der Waals surface area (Å²) in [6.07, 6.45) is 3.77. The molecule has 0 fully saturated rings. The van der Waals surface area contributed by atoms with Crippen LogP contribution in [0.4, 0.5) is 0 Å². The van der Waals surface area contributed by atoms with Crippen LogP contribution < -0.4 is 9.46 Å². The second kappa shape index (κ2) is 11.2. The molecule has 0 saturated heterocycles. The Labute approximate surface area is 210 Å². The first kappa shape index (κ1) is 25.1. The highest BCUT2D eigenvalue weighted by molar-refractivity contribution is 7.83. The van der Waals surface area contributed by atoms with Gasteiger partial charge in [-0.05, 0) is 80.5 Å². The molecule has 4 rings (SSSR count). The summed E-state index contributed by atoms with van der Waals surface area (Å²) in [7, 11) is -1.35. The topological polar surface area (TPSA) is 64.6 Å². The highest BCUT2D eigenvalue weighted by atomic mass is 32.2. The van der Waals surface area contributed by atoms with Crippen LogP contribution in [0.2, 0.25) is 0 Å². The van der Waals surface area contributed by atoms with Gasteiger partial charge in [-0.1, -0.05) is 61.0 Å². The van der Waals surface area contributed by atoms with Gasteiger partial charge in [-0.3, -0.25) is 0 Å². The highest BCUT2D eigenvalue weighted by Gasteiger charge is 2.24. The van der Waals surface area contributed by atoms with Gasteiger partial charge < -0.3 is 9.47 Å². The molecule has 0 saturated carbocycles. The van der Waals surface area contributed by atoms with Crippen molar-refractivity contribution in [2.24, 2.45) is 0 Å². The Morgan fingerprint density at radius 3 is 2.37 bits per heavy atom. The Bertz CT molecular complexity index is 1170. The van der Waals surface area contributed by atoms with Crippen molar-refractivity contribution in [2.45, 2.75) is 63.0 Å². The molecule has 1 aliphatic carbocycles. The fourth-order valence-corrected chi connectivity index (χ4v) is 5.37. The number of fused-ring (bicyclic) bond motifs is 1. The van der Waals surface area contributed by atoms with E-state index < -0.39 is 22.6 Å². The van der Waals surface area contributed by atoms with Gasteiger partial charge in [0.2, 0.25) is 0 Å². The Kier molecular flexibility index (Phi) is 8.04. The first-order valence-corrected chi connectivity index (χ1v) is 13.2. The minimum absolute atomic E-state index is 0.0628. The third kappa shape index (κ3) is 6.80. The fourth-order valence-electron chi connectivity index (χ4n) is 4.35. The number of ether oxygens (including phenoxy) is 2. The lowest BCUT2D eigenvalue weighted by atomic mass is 9.99. The van der Waals surface area contributed by atoms with E-state index in [-0.39, 0.29) is 12.6 Å².